The normalized spacial score (nSPS) is 13.1. The molecule has 0 spiro atoms. The summed E-state index contributed by atoms with van der Waals surface area (Å²) in [5.41, 5.74) is 2.76. The Balaban J connectivity index is 2.73. The van der Waals surface area contributed by atoms with Crippen molar-refractivity contribution in [1.82, 2.24) is 5.32 Å². The zero-order valence-corrected chi connectivity index (χ0v) is 11.8. The van der Waals surface area contributed by atoms with E-state index in [-0.39, 0.29) is 0 Å². The van der Waals surface area contributed by atoms with E-state index in [2.05, 4.69) is 51.2 Å². The molecule has 1 aromatic carbocycles. The highest BCUT2D eigenvalue weighted by atomic mass is 32.2. The molecular weight excluding hydrogens is 214 g/mol. The van der Waals surface area contributed by atoms with Gasteiger partial charge in [0.05, 0.1) is 0 Å². The van der Waals surface area contributed by atoms with Crippen LogP contribution in [0, 0.1) is 19.8 Å². The zero-order valence-electron chi connectivity index (χ0n) is 11.0. The second-order valence-electron chi connectivity index (χ2n) is 4.70. The molecule has 1 atom stereocenters. The molecule has 0 saturated carbocycles. The minimum absolute atomic E-state index is 0.645. The van der Waals surface area contributed by atoms with Crippen LogP contribution >= 0.6 is 11.8 Å². The molecule has 0 amide bonds. The first-order chi connectivity index (χ1) is 7.54. The minimum Gasteiger partial charge on any atom is -0.319 e. The van der Waals surface area contributed by atoms with Crippen molar-refractivity contribution in [3.8, 4) is 0 Å². The summed E-state index contributed by atoms with van der Waals surface area (Å²) in [5.74, 6) is 0.694. The van der Waals surface area contributed by atoms with Crippen molar-refractivity contribution in [2.75, 3.05) is 13.6 Å². The molecule has 1 unspecified atom stereocenters. The lowest BCUT2D eigenvalue weighted by Gasteiger charge is -2.20. The summed E-state index contributed by atoms with van der Waals surface area (Å²) in [6, 6.07) is 6.75. The number of hydrogen-bond acceptors (Lipinski definition) is 2. The summed E-state index contributed by atoms with van der Waals surface area (Å²) in [7, 11) is 2.02. The standard InChI is InChI=1S/C14H23NS/c1-10(2)14(9-15-5)16-13-7-6-11(3)12(4)8-13/h6-8,10,14-15H,9H2,1-5H3. The summed E-state index contributed by atoms with van der Waals surface area (Å²) in [5, 5.41) is 3.92. The van der Waals surface area contributed by atoms with E-state index in [0.717, 1.165) is 6.54 Å². The summed E-state index contributed by atoms with van der Waals surface area (Å²) in [4.78, 5) is 1.39. The van der Waals surface area contributed by atoms with Crippen molar-refractivity contribution in [3.63, 3.8) is 0 Å². The van der Waals surface area contributed by atoms with E-state index < -0.39 is 0 Å². The number of aryl methyl sites for hydroxylation is 2. The van der Waals surface area contributed by atoms with Gasteiger partial charge in [0, 0.05) is 16.7 Å². The second kappa shape index (κ2) is 6.31. The average molecular weight is 237 g/mol. The van der Waals surface area contributed by atoms with Crippen LogP contribution in [0.5, 0.6) is 0 Å². The van der Waals surface area contributed by atoms with Crippen molar-refractivity contribution >= 4 is 11.8 Å². The zero-order chi connectivity index (χ0) is 12.1. The molecule has 1 aromatic rings. The van der Waals surface area contributed by atoms with Gasteiger partial charge in [0.25, 0.3) is 0 Å². The molecule has 2 heteroatoms. The highest BCUT2D eigenvalue weighted by molar-refractivity contribution is 8.00. The number of thioether (sulfide) groups is 1. The first kappa shape index (κ1) is 13.6. The third kappa shape index (κ3) is 3.84. The highest BCUT2D eigenvalue weighted by Gasteiger charge is 2.14. The molecule has 90 valence electrons. The van der Waals surface area contributed by atoms with Gasteiger partial charge >= 0.3 is 0 Å². The molecule has 0 bridgehead atoms. The van der Waals surface area contributed by atoms with Crippen LogP contribution in [-0.4, -0.2) is 18.8 Å². The Labute approximate surface area is 104 Å². The fourth-order valence-electron chi connectivity index (χ4n) is 1.58. The van der Waals surface area contributed by atoms with Crippen LogP contribution in [0.25, 0.3) is 0 Å². The van der Waals surface area contributed by atoms with Crippen LogP contribution in [0.15, 0.2) is 23.1 Å². The topological polar surface area (TPSA) is 12.0 Å². The van der Waals surface area contributed by atoms with Crippen LogP contribution in [-0.2, 0) is 0 Å². The van der Waals surface area contributed by atoms with Crippen LogP contribution in [0.2, 0.25) is 0 Å². The summed E-state index contributed by atoms with van der Waals surface area (Å²) in [6.45, 7) is 9.99. The molecule has 0 saturated heterocycles. The predicted octanol–water partition coefficient (Wildman–Crippen LogP) is 3.64. The van der Waals surface area contributed by atoms with Crippen molar-refractivity contribution < 1.29 is 0 Å². The van der Waals surface area contributed by atoms with Gasteiger partial charge in [-0.05, 0) is 50.1 Å². The van der Waals surface area contributed by atoms with Gasteiger partial charge in [-0.2, -0.15) is 0 Å². The maximum atomic E-state index is 3.27. The first-order valence-electron chi connectivity index (χ1n) is 5.93. The van der Waals surface area contributed by atoms with Crippen LogP contribution in [0.1, 0.15) is 25.0 Å². The molecular formula is C14H23NS. The van der Waals surface area contributed by atoms with E-state index in [0.29, 0.717) is 11.2 Å². The Kier molecular flexibility index (Phi) is 5.36. The predicted molar refractivity (Wildman–Crippen MR) is 74.3 cm³/mol. The van der Waals surface area contributed by atoms with E-state index in [1.54, 1.807) is 0 Å². The molecule has 0 radical (unpaired) electrons. The fourth-order valence-corrected chi connectivity index (χ4v) is 2.84. The molecule has 0 heterocycles. The van der Waals surface area contributed by atoms with E-state index in [4.69, 9.17) is 0 Å². The highest BCUT2D eigenvalue weighted by Crippen LogP contribution is 2.29. The summed E-state index contributed by atoms with van der Waals surface area (Å²) in [6.07, 6.45) is 0. The maximum Gasteiger partial charge on any atom is 0.0242 e. The molecule has 16 heavy (non-hydrogen) atoms. The molecule has 1 nitrogen and oxygen atoms in total. The Morgan fingerprint density at radius 3 is 2.38 bits per heavy atom. The number of hydrogen-bond donors (Lipinski definition) is 1. The molecule has 0 aliphatic heterocycles. The van der Waals surface area contributed by atoms with Gasteiger partial charge in [-0.3, -0.25) is 0 Å². The lowest BCUT2D eigenvalue weighted by Crippen LogP contribution is -2.25. The molecule has 0 aromatic heterocycles. The molecule has 1 rings (SSSR count). The number of benzene rings is 1. The summed E-state index contributed by atoms with van der Waals surface area (Å²) < 4.78 is 0. The van der Waals surface area contributed by atoms with Gasteiger partial charge in [-0.15, -0.1) is 11.8 Å². The Morgan fingerprint density at radius 2 is 1.88 bits per heavy atom. The van der Waals surface area contributed by atoms with E-state index in [1.165, 1.54) is 16.0 Å². The van der Waals surface area contributed by atoms with E-state index >= 15 is 0 Å². The monoisotopic (exact) mass is 237 g/mol. The maximum absolute atomic E-state index is 3.27. The van der Waals surface area contributed by atoms with Crippen molar-refractivity contribution in [3.05, 3.63) is 29.3 Å². The van der Waals surface area contributed by atoms with E-state index in [9.17, 15) is 0 Å². The van der Waals surface area contributed by atoms with Gasteiger partial charge in [0.15, 0.2) is 0 Å². The lowest BCUT2D eigenvalue weighted by atomic mass is 10.1. The second-order valence-corrected chi connectivity index (χ2v) is 6.02. The average Bonchev–Trinajstić information content (AvgIpc) is 2.22. The van der Waals surface area contributed by atoms with Crippen LogP contribution in [0.3, 0.4) is 0 Å². The number of rotatable bonds is 5. The molecule has 0 fully saturated rings. The SMILES string of the molecule is CNCC(Sc1ccc(C)c(C)c1)C(C)C. The van der Waals surface area contributed by atoms with Crippen molar-refractivity contribution in [2.45, 2.75) is 37.8 Å². The van der Waals surface area contributed by atoms with Gasteiger partial charge in [0.2, 0.25) is 0 Å². The quantitative estimate of drug-likeness (QED) is 0.785. The van der Waals surface area contributed by atoms with E-state index in [1.807, 2.05) is 18.8 Å². The Morgan fingerprint density at radius 1 is 1.19 bits per heavy atom. The largest absolute Gasteiger partial charge is 0.319 e. The Bertz CT molecular complexity index is 334. The molecule has 0 aliphatic carbocycles. The lowest BCUT2D eigenvalue weighted by molar-refractivity contribution is 0.579. The van der Waals surface area contributed by atoms with Crippen LogP contribution < -0.4 is 5.32 Å². The van der Waals surface area contributed by atoms with Gasteiger partial charge < -0.3 is 5.32 Å². The third-order valence-electron chi connectivity index (χ3n) is 2.91. The number of nitrogens with one attached hydrogen (secondary N) is 1. The fraction of sp³-hybridized carbons (Fsp3) is 0.571. The smallest absolute Gasteiger partial charge is 0.0242 e. The van der Waals surface area contributed by atoms with Crippen molar-refractivity contribution in [2.24, 2.45) is 5.92 Å². The van der Waals surface area contributed by atoms with Gasteiger partial charge in [-0.25, -0.2) is 0 Å². The van der Waals surface area contributed by atoms with Gasteiger partial charge in [-0.1, -0.05) is 19.9 Å². The Hall–Kier alpha value is -0.470. The molecule has 0 aliphatic rings. The van der Waals surface area contributed by atoms with Crippen molar-refractivity contribution in [1.29, 1.82) is 0 Å². The first-order valence-corrected chi connectivity index (χ1v) is 6.81. The van der Waals surface area contributed by atoms with Gasteiger partial charge in [0.1, 0.15) is 0 Å². The minimum atomic E-state index is 0.645. The molecule has 1 N–H and O–H groups in total. The summed E-state index contributed by atoms with van der Waals surface area (Å²) >= 11 is 1.98. The third-order valence-corrected chi connectivity index (χ3v) is 4.45. The van der Waals surface area contributed by atoms with Crippen LogP contribution in [0.4, 0.5) is 0 Å².